The highest BCUT2D eigenvalue weighted by Crippen LogP contribution is 2.25. The van der Waals surface area contributed by atoms with Gasteiger partial charge in [-0.05, 0) is 31.4 Å². The summed E-state index contributed by atoms with van der Waals surface area (Å²) in [6.45, 7) is 7.38. The number of hydrogen-bond donors (Lipinski definition) is 0. The minimum Gasteiger partial charge on any atom is -0.467 e. The van der Waals surface area contributed by atoms with Crippen LogP contribution >= 0.6 is 0 Å². The highest BCUT2D eigenvalue weighted by molar-refractivity contribution is 5.78. The number of carbonyl (C=O) groups is 1. The van der Waals surface area contributed by atoms with E-state index in [1.807, 2.05) is 39.0 Å². The van der Waals surface area contributed by atoms with Gasteiger partial charge >= 0.3 is 11.5 Å². The van der Waals surface area contributed by atoms with Crippen LogP contribution < -0.4 is 10.3 Å². The summed E-state index contributed by atoms with van der Waals surface area (Å²) in [5.41, 5.74) is -1.01. The van der Waals surface area contributed by atoms with Gasteiger partial charge < -0.3 is 9.47 Å². The Kier molecular flexibility index (Phi) is 5.62. The summed E-state index contributed by atoms with van der Waals surface area (Å²) < 4.78 is 11.8. The highest BCUT2D eigenvalue weighted by Gasteiger charge is 2.38. The second-order valence-electron chi connectivity index (χ2n) is 6.34. The van der Waals surface area contributed by atoms with Crippen molar-refractivity contribution >= 4 is 5.97 Å². The lowest BCUT2D eigenvalue weighted by atomic mass is 9.99. The number of rotatable bonds is 6. The third-order valence-electron chi connectivity index (χ3n) is 4.24. The van der Waals surface area contributed by atoms with E-state index in [1.54, 1.807) is 25.1 Å². The number of nitrogens with zero attached hydrogens (tertiary/aromatic N) is 2. The molecular formula is C19H24N2O4. The first-order valence-corrected chi connectivity index (χ1v) is 8.29. The van der Waals surface area contributed by atoms with Crippen molar-refractivity contribution in [2.24, 2.45) is 0 Å². The van der Waals surface area contributed by atoms with Crippen molar-refractivity contribution in [1.82, 2.24) is 9.78 Å². The summed E-state index contributed by atoms with van der Waals surface area (Å²) >= 11 is 0. The first kappa shape index (κ1) is 18.7. The first-order valence-electron chi connectivity index (χ1n) is 8.29. The van der Waals surface area contributed by atoms with E-state index < -0.39 is 17.1 Å². The van der Waals surface area contributed by atoms with Gasteiger partial charge in [0.15, 0.2) is 11.3 Å². The zero-order valence-corrected chi connectivity index (χ0v) is 15.3. The maximum absolute atomic E-state index is 12.9. The van der Waals surface area contributed by atoms with Crippen LogP contribution in [0.3, 0.4) is 0 Å². The molecule has 2 rings (SSSR count). The molecule has 0 aliphatic heterocycles. The van der Waals surface area contributed by atoms with Crippen LogP contribution in [-0.4, -0.2) is 22.9 Å². The van der Waals surface area contributed by atoms with Crippen LogP contribution in [0.5, 0.6) is 11.5 Å². The van der Waals surface area contributed by atoms with Gasteiger partial charge in [-0.15, -0.1) is 0 Å². The van der Waals surface area contributed by atoms with Crippen LogP contribution in [0.25, 0.3) is 0 Å². The number of hydrogen-bond acceptors (Lipinski definition) is 5. The molecule has 0 amide bonds. The van der Waals surface area contributed by atoms with Gasteiger partial charge in [0.2, 0.25) is 0 Å². The predicted molar refractivity (Wildman–Crippen MR) is 95.1 cm³/mol. The molecule has 0 saturated heterocycles. The fourth-order valence-corrected chi connectivity index (χ4v) is 2.40. The number of para-hydroxylation sites is 1. The lowest BCUT2D eigenvalue weighted by Crippen LogP contribution is -2.47. The smallest absolute Gasteiger partial charge is 0.333 e. The molecule has 0 fully saturated rings. The molecule has 0 aliphatic rings. The van der Waals surface area contributed by atoms with Gasteiger partial charge in [-0.3, -0.25) is 4.79 Å². The third-order valence-corrected chi connectivity index (χ3v) is 4.24. The van der Waals surface area contributed by atoms with Gasteiger partial charge in [0.25, 0.3) is 0 Å². The quantitative estimate of drug-likeness (QED) is 0.751. The molecule has 2 aromatic rings. The number of aromatic nitrogens is 2. The zero-order valence-electron chi connectivity index (χ0n) is 15.3. The molecule has 0 N–H and O–H groups in total. The highest BCUT2D eigenvalue weighted by atomic mass is 16.5. The monoisotopic (exact) mass is 344 g/mol. The summed E-state index contributed by atoms with van der Waals surface area (Å²) in [6, 6.07) is 10.7. The summed E-state index contributed by atoms with van der Waals surface area (Å²) in [5.74, 6) is 0.219. The molecule has 6 nitrogen and oxygen atoms in total. The molecule has 0 bridgehead atoms. The Morgan fingerprint density at radius 2 is 1.92 bits per heavy atom. The minimum atomic E-state index is -1.20. The summed E-state index contributed by atoms with van der Waals surface area (Å²) in [4.78, 5) is 25.2. The van der Waals surface area contributed by atoms with Crippen LogP contribution in [0.1, 0.15) is 45.7 Å². The van der Waals surface area contributed by atoms with Crippen molar-refractivity contribution in [3.63, 3.8) is 0 Å². The Hall–Kier alpha value is -2.63. The lowest BCUT2D eigenvalue weighted by Gasteiger charge is -2.27. The summed E-state index contributed by atoms with van der Waals surface area (Å²) in [5, 5.41) is 4.41. The van der Waals surface area contributed by atoms with Gasteiger partial charge in [0.1, 0.15) is 5.75 Å². The normalized spacial score (nSPS) is 13.4. The van der Waals surface area contributed by atoms with Crippen molar-refractivity contribution in [1.29, 1.82) is 0 Å². The second-order valence-corrected chi connectivity index (χ2v) is 6.34. The van der Waals surface area contributed by atoms with Crippen LogP contribution in [0, 0.1) is 0 Å². The van der Waals surface area contributed by atoms with Gasteiger partial charge in [-0.1, -0.05) is 39.0 Å². The topological polar surface area (TPSA) is 70.4 Å². The van der Waals surface area contributed by atoms with E-state index in [0.29, 0.717) is 17.9 Å². The molecule has 1 heterocycles. The number of esters is 1. The van der Waals surface area contributed by atoms with Gasteiger partial charge in [-0.2, -0.15) is 5.10 Å². The van der Waals surface area contributed by atoms with Crippen molar-refractivity contribution in [2.75, 3.05) is 7.11 Å². The number of methoxy groups -OCH3 is 1. The molecule has 0 aliphatic carbocycles. The second kappa shape index (κ2) is 7.51. The zero-order chi connectivity index (χ0) is 18.6. The van der Waals surface area contributed by atoms with Crippen LogP contribution in [-0.2, 0) is 15.1 Å². The molecule has 0 radical (unpaired) electrons. The molecule has 1 atom stereocenters. The number of ether oxygens (including phenoxy) is 2. The summed E-state index contributed by atoms with van der Waals surface area (Å²) in [6.07, 6.45) is 0.360. The molecule has 0 spiro atoms. The van der Waals surface area contributed by atoms with E-state index in [-0.39, 0.29) is 11.7 Å². The van der Waals surface area contributed by atoms with E-state index in [0.717, 1.165) is 0 Å². The number of carbonyl (C=O) groups excluding carboxylic acids is 1. The number of benzene rings is 1. The van der Waals surface area contributed by atoms with Gasteiger partial charge in [-0.25, -0.2) is 9.48 Å². The van der Waals surface area contributed by atoms with Crippen molar-refractivity contribution in [3.05, 3.63) is 52.4 Å². The van der Waals surface area contributed by atoms with E-state index in [2.05, 4.69) is 5.10 Å². The fourth-order valence-electron chi connectivity index (χ4n) is 2.40. The van der Waals surface area contributed by atoms with Crippen molar-refractivity contribution in [2.45, 2.75) is 45.6 Å². The van der Waals surface area contributed by atoms with Crippen LogP contribution in [0.4, 0.5) is 0 Å². The molecule has 25 heavy (non-hydrogen) atoms. The third kappa shape index (κ3) is 3.73. The predicted octanol–water partition coefficient (Wildman–Crippen LogP) is 3.46. The Balaban J connectivity index is 2.64. The van der Waals surface area contributed by atoms with E-state index in [9.17, 15) is 9.59 Å². The van der Waals surface area contributed by atoms with Crippen LogP contribution in [0.2, 0.25) is 0 Å². The summed E-state index contributed by atoms with van der Waals surface area (Å²) in [7, 11) is 1.30. The molecule has 1 aromatic carbocycles. The molecular weight excluding hydrogens is 320 g/mol. The largest absolute Gasteiger partial charge is 0.467 e. The Morgan fingerprint density at radius 3 is 2.44 bits per heavy atom. The standard InChI is InChI=1S/C19H24N2O4/c1-6-19(4,18(23)24-5)21-17(22)16(12-15(20-21)13(2)3)25-14-10-8-7-9-11-14/h7-13H,6H2,1-5H3. The van der Waals surface area contributed by atoms with E-state index >= 15 is 0 Å². The van der Waals surface area contributed by atoms with Crippen molar-refractivity contribution < 1.29 is 14.3 Å². The average molecular weight is 344 g/mol. The van der Waals surface area contributed by atoms with Gasteiger partial charge in [0, 0.05) is 6.07 Å². The van der Waals surface area contributed by atoms with Crippen molar-refractivity contribution in [3.8, 4) is 11.5 Å². The first-order chi connectivity index (χ1) is 11.8. The molecule has 0 saturated carbocycles. The van der Waals surface area contributed by atoms with E-state index in [4.69, 9.17) is 9.47 Å². The van der Waals surface area contributed by atoms with Crippen LogP contribution in [0.15, 0.2) is 41.2 Å². The SMILES string of the molecule is CCC(C)(C(=O)OC)n1nc(C(C)C)cc(Oc2ccccc2)c1=O. The average Bonchev–Trinajstić information content (AvgIpc) is 2.62. The molecule has 1 unspecified atom stereocenters. The molecule has 134 valence electrons. The maximum Gasteiger partial charge on any atom is 0.333 e. The molecule has 6 heteroatoms. The molecule has 1 aromatic heterocycles. The van der Waals surface area contributed by atoms with Gasteiger partial charge in [0.05, 0.1) is 12.8 Å². The van der Waals surface area contributed by atoms with E-state index in [1.165, 1.54) is 11.8 Å². The lowest BCUT2D eigenvalue weighted by molar-refractivity contribution is -0.151. The Morgan fingerprint density at radius 1 is 1.28 bits per heavy atom. The minimum absolute atomic E-state index is 0.0590. The maximum atomic E-state index is 12.9. The fraction of sp³-hybridized carbons (Fsp3) is 0.421. The Bertz CT molecular complexity index is 799. The Labute approximate surface area is 147 Å².